The van der Waals surface area contributed by atoms with Gasteiger partial charge in [-0.1, -0.05) is 4.32 Å². The zero-order valence-corrected chi connectivity index (χ0v) is 12.6. The van der Waals surface area contributed by atoms with Crippen LogP contribution in [0, 0.1) is 0 Å². The van der Waals surface area contributed by atoms with Crippen molar-refractivity contribution >= 4 is 29.2 Å². The third-order valence-electron chi connectivity index (χ3n) is 1.45. The van der Waals surface area contributed by atoms with Crippen LogP contribution in [-0.2, 0) is 33.3 Å². The van der Waals surface area contributed by atoms with E-state index in [9.17, 15) is 3.40 Å². The van der Waals surface area contributed by atoms with Gasteiger partial charge in [0.25, 0.3) is 0 Å². The third-order valence-corrected chi connectivity index (χ3v) is 5.11. The van der Waals surface area contributed by atoms with Crippen LogP contribution in [0.15, 0.2) is 0 Å². The quantitative estimate of drug-likeness (QED) is 0.464. The molecule has 0 atom stereocenters. The smallest absolute Gasteiger partial charge is 0.0708 e. The van der Waals surface area contributed by atoms with E-state index in [1.165, 1.54) is 25.7 Å². The van der Waals surface area contributed by atoms with E-state index in [4.69, 9.17) is 0 Å². The summed E-state index contributed by atoms with van der Waals surface area (Å²) in [6, 6.07) is 0. The summed E-state index contributed by atoms with van der Waals surface area (Å²) in [5, 5.41) is 0. The van der Waals surface area contributed by atoms with Gasteiger partial charge in [-0.3, -0.25) is 0 Å². The Morgan fingerprint density at radius 2 is 1.57 bits per heavy atom. The topological polar surface area (TPSA) is 43.1 Å². The first-order chi connectivity index (χ1) is 6.54. The number of hydrogen-bond acceptors (Lipinski definition) is 3. The van der Waals surface area contributed by atoms with Gasteiger partial charge in [0.05, 0.1) is 0 Å². The van der Waals surface area contributed by atoms with Crippen LogP contribution in [0.25, 0.3) is 0 Å². The molecule has 0 aliphatic rings. The summed E-state index contributed by atoms with van der Waals surface area (Å²) in [6.07, 6.45) is 4.77. The van der Waals surface area contributed by atoms with E-state index < -0.39 is 17.3 Å². The van der Waals surface area contributed by atoms with E-state index >= 15 is 0 Å². The zero-order valence-electron chi connectivity index (χ0n) is 8.95. The summed E-state index contributed by atoms with van der Waals surface area (Å²) in [5.74, 6) is 0. The van der Waals surface area contributed by atoms with Gasteiger partial charge in [0.1, 0.15) is 0 Å². The van der Waals surface area contributed by atoms with Gasteiger partial charge in [-0.15, -0.1) is 0 Å². The average molecular weight is 318 g/mol. The van der Waals surface area contributed by atoms with E-state index in [-0.39, 0.29) is 4.32 Å². The molecule has 5 heteroatoms. The molecule has 0 unspecified atom stereocenters. The molecular weight excluding hydrogens is 298 g/mol. The molecule has 0 heterocycles. The standard InChI is InChI=1S/2C4H9.CH3NS2.Mo.O/c2*1-3-4-2;2-1(3)4;;/h2*1,3-4H2,2H3;(H3,2,3,4);;/q;;;+1;/p-1. The van der Waals surface area contributed by atoms with Gasteiger partial charge >= 0.3 is 69.8 Å². The maximum atomic E-state index is 11.2. The minimum Gasteiger partial charge on any atom is -0.415 e. The van der Waals surface area contributed by atoms with Crippen molar-refractivity contribution in [2.24, 2.45) is 5.73 Å². The molecule has 0 amide bonds. The second-order valence-corrected chi connectivity index (χ2v) is 8.18. The molecule has 2 nitrogen and oxygen atoms in total. The molecule has 0 saturated heterocycles. The van der Waals surface area contributed by atoms with Crippen molar-refractivity contribution in [2.75, 3.05) is 0 Å². The van der Waals surface area contributed by atoms with Gasteiger partial charge in [-0.05, 0) is 0 Å². The van der Waals surface area contributed by atoms with Gasteiger partial charge in [-0.2, -0.15) is 0 Å². The normalized spacial score (nSPS) is 8.71. The molecule has 85 valence electrons. The predicted molar refractivity (Wildman–Crippen MR) is 64.3 cm³/mol. The van der Waals surface area contributed by atoms with Crippen molar-refractivity contribution in [2.45, 2.75) is 49.2 Å². The average Bonchev–Trinajstić information content (AvgIpc) is 2.10. The van der Waals surface area contributed by atoms with Crippen LogP contribution in [0.4, 0.5) is 0 Å². The van der Waals surface area contributed by atoms with Gasteiger partial charge in [0, 0.05) is 0 Å². The molecule has 0 fully saturated rings. The number of hydrogen-bond donors (Lipinski definition) is 1. The van der Waals surface area contributed by atoms with Gasteiger partial charge in [-0.25, -0.2) is 0 Å². The SMILES string of the molecule is CCC[CH2][Mo+](=[O])[CH2]CCC.NC(=S)[S-]. The van der Waals surface area contributed by atoms with Gasteiger partial charge in [0.15, 0.2) is 0 Å². The van der Waals surface area contributed by atoms with Crippen molar-refractivity contribution < 1.29 is 20.7 Å². The molecule has 0 aliphatic carbocycles. The number of thiocarbonyl (C=S) groups is 1. The van der Waals surface area contributed by atoms with Crippen molar-refractivity contribution in [3.63, 3.8) is 0 Å². The fraction of sp³-hybridized carbons (Fsp3) is 0.889. The number of unbranched alkanes of at least 4 members (excludes halogenated alkanes) is 2. The van der Waals surface area contributed by atoms with E-state index in [0.29, 0.717) is 0 Å². The van der Waals surface area contributed by atoms with E-state index in [1.807, 2.05) is 0 Å². The molecule has 0 radical (unpaired) electrons. The summed E-state index contributed by atoms with van der Waals surface area (Å²) in [5.41, 5.74) is 4.66. The van der Waals surface area contributed by atoms with Gasteiger partial charge < -0.3 is 30.6 Å². The molecule has 2 N–H and O–H groups in total. The summed E-state index contributed by atoms with van der Waals surface area (Å²) in [6.45, 7) is 4.32. The summed E-state index contributed by atoms with van der Waals surface area (Å²) in [7, 11) is 0. The van der Waals surface area contributed by atoms with Crippen LogP contribution in [0.3, 0.4) is 0 Å². The maximum Gasteiger partial charge on any atom is -0.0708 e. The first-order valence-corrected chi connectivity index (χ1v) is 9.33. The summed E-state index contributed by atoms with van der Waals surface area (Å²) >= 11 is 6.50. The minimum absolute atomic E-state index is 0.0833. The van der Waals surface area contributed by atoms with E-state index in [2.05, 4.69) is 44.4 Å². The zero-order chi connectivity index (χ0) is 11.4. The van der Waals surface area contributed by atoms with Crippen LogP contribution in [0.2, 0.25) is 9.62 Å². The van der Waals surface area contributed by atoms with Crippen molar-refractivity contribution in [3.05, 3.63) is 0 Å². The Labute approximate surface area is 104 Å². The van der Waals surface area contributed by atoms with Crippen molar-refractivity contribution in [1.82, 2.24) is 0 Å². The first-order valence-electron chi connectivity index (χ1n) is 4.86. The molecule has 14 heavy (non-hydrogen) atoms. The molecular formula is C9H20MoNOS2. The van der Waals surface area contributed by atoms with Crippen LogP contribution in [-0.4, -0.2) is 4.32 Å². The molecule has 0 spiro atoms. The number of rotatable bonds is 6. The molecule has 0 rings (SSSR count). The second-order valence-electron chi connectivity index (χ2n) is 2.87. The third kappa shape index (κ3) is 22.9. The fourth-order valence-electron chi connectivity index (χ4n) is 0.713. The predicted octanol–water partition coefficient (Wildman–Crippen LogP) is 3.16. The number of nitrogens with two attached hydrogens (primary N) is 1. The van der Waals surface area contributed by atoms with E-state index in [0.717, 1.165) is 9.62 Å². The van der Waals surface area contributed by atoms with Crippen molar-refractivity contribution in [1.29, 1.82) is 0 Å². The largest absolute Gasteiger partial charge is 0.415 e. The fourth-order valence-corrected chi connectivity index (χ4v) is 4.22. The molecule has 0 aliphatic heterocycles. The maximum absolute atomic E-state index is 11.2. The van der Waals surface area contributed by atoms with Crippen LogP contribution < -0.4 is 5.73 Å². The molecule has 0 aromatic rings. The molecule has 0 aromatic carbocycles. The van der Waals surface area contributed by atoms with Crippen LogP contribution in [0.5, 0.6) is 0 Å². The Morgan fingerprint density at radius 1 is 1.29 bits per heavy atom. The molecule has 0 bridgehead atoms. The molecule has 0 aromatic heterocycles. The van der Waals surface area contributed by atoms with Crippen molar-refractivity contribution in [3.8, 4) is 0 Å². The van der Waals surface area contributed by atoms with Crippen LogP contribution >= 0.6 is 12.2 Å². The minimum atomic E-state index is -1.76. The Bertz CT molecular complexity index is 151. The Morgan fingerprint density at radius 3 is 1.79 bits per heavy atom. The Kier molecular flexibility index (Phi) is 16.5. The van der Waals surface area contributed by atoms with Crippen LogP contribution in [0.1, 0.15) is 39.5 Å². The summed E-state index contributed by atoms with van der Waals surface area (Å²) in [4.78, 5) is 2.11. The Hall–Kier alpha value is 0.598. The monoisotopic (exact) mass is 320 g/mol. The second kappa shape index (κ2) is 13.6. The van der Waals surface area contributed by atoms with Gasteiger partial charge in [0.2, 0.25) is 0 Å². The summed E-state index contributed by atoms with van der Waals surface area (Å²) < 4.78 is 11.3. The molecule has 0 saturated carbocycles. The van der Waals surface area contributed by atoms with E-state index in [1.54, 1.807) is 0 Å². The Balaban J connectivity index is 0. The first kappa shape index (κ1) is 17.0.